The number of carbonyl (C=O) groups is 1. The third-order valence-electron chi connectivity index (χ3n) is 3.03. The molecule has 1 atom stereocenters. The number of carbonyl (C=O) groups excluding carboxylic acids is 1. The largest absolute Gasteiger partial charge is 0.337 e. The average molecular weight is 275 g/mol. The number of aryl methyl sites for hydroxylation is 1. The van der Waals surface area contributed by atoms with Gasteiger partial charge in [-0.05, 0) is 26.8 Å². The second-order valence-corrected chi connectivity index (χ2v) is 4.60. The quantitative estimate of drug-likeness (QED) is 0.610. The van der Waals surface area contributed by atoms with Crippen molar-refractivity contribution in [3.63, 3.8) is 0 Å². The van der Waals surface area contributed by atoms with Gasteiger partial charge in [0.1, 0.15) is 5.56 Å². The van der Waals surface area contributed by atoms with Crippen LogP contribution in [0.15, 0.2) is 18.2 Å². The van der Waals surface area contributed by atoms with Crippen molar-refractivity contribution < 1.29 is 9.72 Å². The number of amides is 1. The number of rotatable bonds is 5. The van der Waals surface area contributed by atoms with Crippen LogP contribution in [0.3, 0.4) is 0 Å². The molecule has 0 bridgehead atoms. The molecule has 1 unspecified atom stereocenters. The molecule has 0 aromatic heterocycles. The lowest BCUT2D eigenvalue weighted by Gasteiger charge is -2.22. The van der Waals surface area contributed by atoms with Crippen LogP contribution in [0.5, 0.6) is 0 Å². The zero-order chi connectivity index (χ0) is 15.3. The fraction of sp³-hybridized carbons (Fsp3) is 0.429. The Labute approximate surface area is 117 Å². The summed E-state index contributed by atoms with van der Waals surface area (Å²) in [5.74, 6) is -0.729. The van der Waals surface area contributed by atoms with Crippen LogP contribution in [0, 0.1) is 34.3 Å². The predicted octanol–water partition coefficient (Wildman–Crippen LogP) is 2.53. The van der Waals surface area contributed by atoms with Crippen molar-refractivity contribution in [3.8, 4) is 6.07 Å². The fourth-order valence-corrected chi connectivity index (χ4v) is 1.97. The van der Waals surface area contributed by atoms with Gasteiger partial charge in [-0.25, -0.2) is 0 Å². The first-order valence-corrected chi connectivity index (χ1v) is 6.35. The van der Waals surface area contributed by atoms with Gasteiger partial charge in [0.2, 0.25) is 0 Å². The summed E-state index contributed by atoms with van der Waals surface area (Å²) in [6, 6.07) is 6.73. The molecule has 0 aliphatic rings. The first-order chi connectivity index (χ1) is 9.42. The molecule has 106 valence electrons. The molecule has 1 amide bonds. The van der Waals surface area contributed by atoms with E-state index in [4.69, 9.17) is 5.26 Å². The summed E-state index contributed by atoms with van der Waals surface area (Å²) in [7, 11) is 0. The summed E-state index contributed by atoms with van der Waals surface area (Å²) < 4.78 is 0. The summed E-state index contributed by atoms with van der Waals surface area (Å²) >= 11 is 0. The van der Waals surface area contributed by atoms with Gasteiger partial charge in [0.15, 0.2) is 0 Å². The first-order valence-electron chi connectivity index (χ1n) is 6.35. The summed E-state index contributed by atoms with van der Waals surface area (Å²) in [4.78, 5) is 24.5. The summed E-state index contributed by atoms with van der Waals surface area (Å²) in [6.45, 7) is 5.75. The average Bonchev–Trinajstić information content (AvgIpc) is 2.42. The minimum Gasteiger partial charge on any atom is -0.337 e. The van der Waals surface area contributed by atoms with Gasteiger partial charge in [0.05, 0.1) is 16.9 Å². The third kappa shape index (κ3) is 3.32. The summed E-state index contributed by atoms with van der Waals surface area (Å²) in [5, 5.41) is 19.9. The Bertz CT molecular complexity index is 563. The van der Waals surface area contributed by atoms with Crippen molar-refractivity contribution in [3.05, 3.63) is 39.4 Å². The molecule has 20 heavy (non-hydrogen) atoms. The number of para-hydroxylation sites is 1. The van der Waals surface area contributed by atoms with E-state index in [0.717, 1.165) is 0 Å². The molecule has 6 heteroatoms. The Hall–Kier alpha value is -2.42. The molecule has 6 nitrogen and oxygen atoms in total. The minimum absolute atomic E-state index is 0.0713. The molecule has 0 aliphatic heterocycles. The molecule has 1 aromatic carbocycles. The lowest BCUT2D eigenvalue weighted by molar-refractivity contribution is -0.385. The van der Waals surface area contributed by atoms with E-state index in [-0.39, 0.29) is 23.7 Å². The van der Waals surface area contributed by atoms with Gasteiger partial charge in [-0.3, -0.25) is 14.9 Å². The number of nitrogens with zero attached hydrogens (tertiary/aromatic N) is 3. The third-order valence-corrected chi connectivity index (χ3v) is 3.03. The van der Waals surface area contributed by atoms with Crippen molar-refractivity contribution in [1.29, 1.82) is 5.26 Å². The highest BCUT2D eigenvalue weighted by Crippen LogP contribution is 2.24. The van der Waals surface area contributed by atoms with Crippen molar-refractivity contribution in [2.45, 2.75) is 20.8 Å². The molecule has 0 saturated heterocycles. The lowest BCUT2D eigenvalue weighted by Crippen LogP contribution is -2.34. The standard InChI is InChI=1S/C14H17N3O3/c1-4-16(9-10(2)8-15)14(18)12-7-5-6-11(3)13(12)17(19)20/h5-7,10H,4,9H2,1-3H3. The minimum atomic E-state index is -0.538. The van der Waals surface area contributed by atoms with Gasteiger partial charge in [-0.1, -0.05) is 12.1 Å². The maximum Gasteiger partial charge on any atom is 0.285 e. The van der Waals surface area contributed by atoms with Crippen LogP contribution in [0.1, 0.15) is 29.8 Å². The topological polar surface area (TPSA) is 87.2 Å². The zero-order valence-corrected chi connectivity index (χ0v) is 11.8. The van der Waals surface area contributed by atoms with Crippen LogP contribution in [-0.2, 0) is 0 Å². The van der Waals surface area contributed by atoms with Gasteiger partial charge in [-0.15, -0.1) is 0 Å². The highest BCUT2D eigenvalue weighted by atomic mass is 16.6. The summed E-state index contributed by atoms with van der Waals surface area (Å²) in [6.07, 6.45) is 0. The predicted molar refractivity (Wildman–Crippen MR) is 74.2 cm³/mol. The normalized spacial score (nSPS) is 11.5. The molecule has 0 aliphatic carbocycles. The molecule has 0 spiro atoms. The van der Waals surface area contributed by atoms with Gasteiger partial charge < -0.3 is 4.90 Å². The van der Waals surface area contributed by atoms with E-state index < -0.39 is 10.8 Å². The van der Waals surface area contributed by atoms with E-state index in [1.165, 1.54) is 11.0 Å². The van der Waals surface area contributed by atoms with E-state index in [9.17, 15) is 14.9 Å². The maximum absolute atomic E-state index is 12.4. The SMILES string of the molecule is CCN(CC(C)C#N)C(=O)c1cccc(C)c1[N+](=O)[O-]. The number of hydrogen-bond donors (Lipinski definition) is 0. The van der Waals surface area contributed by atoms with E-state index in [2.05, 4.69) is 6.07 Å². The Morgan fingerprint density at radius 2 is 2.20 bits per heavy atom. The summed E-state index contributed by atoms with van der Waals surface area (Å²) in [5.41, 5.74) is 0.354. The molecular formula is C14H17N3O3. The van der Waals surface area contributed by atoms with Crippen LogP contribution in [-0.4, -0.2) is 28.8 Å². The number of nitriles is 1. The van der Waals surface area contributed by atoms with E-state index in [1.54, 1.807) is 32.9 Å². The van der Waals surface area contributed by atoms with Crippen molar-refractivity contribution in [1.82, 2.24) is 4.90 Å². The number of benzene rings is 1. The van der Waals surface area contributed by atoms with E-state index in [1.807, 2.05) is 0 Å². The zero-order valence-electron chi connectivity index (χ0n) is 11.8. The van der Waals surface area contributed by atoms with Crippen molar-refractivity contribution in [2.75, 3.05) is 13.1 Å². The fourth-order valence-electron chi connectivity index (χ4n) is 1.97. The van der Waals surface area contributed by atoms with Crippen molar-refractivity contribution >= 4 is 11.6 Å². The van der Waals surface area contributed by atoms with Crippen LogP contribution < -0.4 is 0 Å². The highest BCUT2D eigenvalue weighted by Gasteiger charge is 2.26. The Morgan fingerprint density at radius 1 is 1.55 bits per heavy atom. The van der Waals surface area contributed by atoms with Crippen LogP contribution in [0.4, 0.5) is 5.69 Å². The van der Waals surface area contributed by atoms with Gasteiger partial charge in [0, 0.05) is 18.7 Å². The molecule has 0 heterocycles. The van der Waals surface area contributed by atoms with E-state index >= 15 is 0 Å². The highest BCUT2D eigenvalue weighted by molar-refractivity contribution is 5.98. The second kappa shape index (κ2) is 6.66. The van der Waals surface area contributed by atoms with Crippen LogP contribution in [0.2, 0.25) is 0 Å². The molecule has 0 fully saturated rings. The van der Waals surface area contributed by atoms with Gasteiger partial charge >= 0.3 is 0 Å². The monoisotopic (exact) mass is 275 g/mol. The molecule has 1 rings (SSSR count). The number of nitro benzene ring substituents is 1. The first kappa shape index (κ1) is 15.6. The van der Waals surface area contributed by atoms with Gasteiger partial charge in [0.25, 0.3) is 11.6 Å². The Balaban J connectivity index is 3.17. The van der Waals surface area contributed by atoms with E-state index in [0.29, 0.717) is 12.1 Å². The molecule has 0 radical (unpaired) electrons. The molecule has 0 saturated carbocycles. The van der Waals surface area contributed by atoms with Crippen molar-refractivity contribution in [2.24, 2.45) is 5.92 Å². The molecular weight excluding hydrogens is 258 g/mol. The smallest absolute Gasteiger partial charge is 0.285 e. The maximum atomic E-state index is 12.4. The number of hydrogen-bond acceptors (Lipinski definition) is 4. The van der Waals surface area contributed by atoms with Crippen LogP contribution in [0.25, 0.3) is 0 Å². The second-order valence-electron chi connectivity index (χ2n) is 4.60. The number of nitro groups is 1. The molecule has 1 aromatic rings. The lowest BCUT2D eigenvalue weighted by atomic mass is 10.1. The Morgan fingerprint density at radius 3 is 2.70 bits per heavy atom. The Kier molecular flexibility index (Phi) is 5.21. The van der Waals surface area contributed by atoms with Crippen LogP contribution >= 0.6 is 0 Å². The molecule has 0 N–H and O–H groups in total. The van der Waals surface area contributed by atoms with Gasteiger partial charge in [-0.2, -0.15) is 5.26 Å².